The predicted octanol–water partition coefficient (Wildman–Crippen LogP) is 2.15. The summed E-state index contributed by atoms with van der Waals surface area (Å²) in [5, 5.41) is 19.3. The number of hydrogen-bond donors (Lipinski definition) is 1. The summed E-state index contributed by atoms with van der Waals surface area (Å²) < 4.78 is 0. The van der Waals surface area contributed by atoms with Gasteiger partial charge >= 0.3 is 0 Å². The highest BCUT2D eigenvalue weighted by Gasteiger charge is 2.25. The Morgan fingerprint density at radius 1 is 1.39 bits per heavy atom. The second-order valence-corrected chi connectivity index (χ2v) is 5.46. The van der Waals surface area contributed by atoms with Crippen molar-refractivity contribution in [1.82, 2.24) is 10.2 Å². The normalized spacial score (nSPS) is 18.8. The van der Waals surface area contributed by atoms with Gasteiger partial charge in [-0.1, -0.05) is 0 Å². The third-order valence-corrected chi connectivity index (χ3v) is 4.44. The molecule has 3 rings (SSSR count). The highest BCUT2D eigenvalue weighted by molar-refractivity contribution is 7.10. The van der Waals surface area contributed by atoms with E-state index in [2.05, 4.69) is 33.5 Å². The van der Waals surface area contributed by atoms with E-state index in [1.165, 1.54) is 10.4 Å². The second-order valence-electron chi connectivity index (χ2n) is 4.46. The molecule has 18 heavy (non-hydrogen) atoms. The molecular weight excluding hydrogens is 246 g/mol. The smallest absolute Gasteiger partial charge is 0.151 e. The molecule has 5 heteroatoms. The summed E-state index contributed by atoms with van der Waals surface area (Å²) in [4.78, 5) is 3.75. The highest BCUT2D eigenvalue weighted by atomic mass is 32.1. The maximum Gasteiger partial charge on any atom is 0.151 e. The number of thiophene rings is 1. The Kier molecular flexibility index (Phi) is 3.01. The molecule has 1 N–H and O–H groups in total. The van der Waals surface area contributed by atoms with E-state index in [0.29, 0.717) is 11.7 Å². The zero-order valence-corrected chi connectivity index (χ0v) is 11.0. The van der Waals surface area contributed by atoms with Gasteiger partial charge in [0.15, 0.2) is 5.82 Å². The number of fused-ring (bicyclic) bond motifs is 1. The van der Waals surface area contributed by atoms with Crippen molar-refractivity contribution in [1.29, 1.82) is 0 Å². The minimum absolute atomic E-state index is 0.0580. The fraction of sp³-hybridized carbons (Fsp3) is 0.385. The minimum atomic E-state index is -0.0580. The van der Waals surface area contributed by atoms with Gasteiger partial charge in [0.2, 0.25) is 0 Å². The molecule has 3 heterocycles. The van der Waals surface area contributed by atoms with E-state index < -0.39 is 0 Å². The Balaban J connectivity index is 1.89. The largest absolute Gasteiger partial charge is 0.390 e. The molecule has 0 saturated heterocycles. The van der Waals surface area contributed by atoms with Crippen LogP contribution in [-0.2, 0) is 13.0 Å². The van der Waals surface area contributed by atoms with Crippen molar-refractivity contribution in [2.24, 2.45) is 0 Å². The van der Waals surface area contributed by atoms with Gasteiger partial charge in [-0.3, -0.25) is 0 Å². The lowest BCUT2D eigenvalue weighted by Crippen LogP contribution is -2.33. The Labute approximate surface area is 110 Å². The van der Waals surface area contributed by atoms with Gasteiger partial charge in [0.1, 0.15) is 0 Å². The predicted molar refractivity (Wildman–Crippen MR) is 71.7 cm³/mol. The first-order valence-corrected chi connectivity index (χ1v) is 6.94. The topological polar surface area (TPSA) is 49.2 Å². The molecule has 0 aromatic carbocycles. The van der Waals surface area contributed by atoms with Crippen LogP contribution < -0.4 is 4.90 Å². The lowest BCUT2D eigenvalue weighted by Gasteiger charge is -2.34. The Morgan fingerprint density at radius 2 is 2.28 bits per heavy atom. The van der Waals surface area contributed by atoms with Crippen molar-refractivity contribution in [2.75, 3.05) is 11.4 Å². The fourth-order valence-electron chi connectivity index (χ4n) is 2.41. The van der Waals surface area contributed by atoms with Crippen LogP contribution in [0.3, 0.4) is 0 Å². The van der Waals surface area contributed by atoms with Gasteiger partial charge in [-0.15, -0.1) is 16.4 Å². The molecule has 0 spiro atoms. The van der Waals surface area contributed by atoms with Crippen LogP contribution in [0, 0.1) is 0 Å². The molecule has 2 aromatic rings. The number of anilines is 1. The van der Waals surface area contributed by atoms with Gasteiger partial charge < -0.3 is 10.0 Å². The van der Waals surface area contributed by atoms with Crippen LogP contribution in [0.2, 0.25) is 0 Å². The molecule has 0 bridgehead atoms. The van der Waals surface area contributed by atoms with Crippen molar-refractivity contribution in [3.63, 3.8) is 0 Å². The molecule has 2 aromatic heterocycles. The Bertz CT molecular complexity index is 537. The van der Waals surface area contributed by atoms with E-state index in [-0.39, 0.29) is 6.61 Å². The van der Waals surface area contributed by atoms with Gasteiger partial charge in [0.05, 0.1) is 18.3 Å². The van der Waals surface area contributed by atoms with Crippen LogP contribution in [0.15, 0.2) is 23.6 Å². The summed E-state index contributed by atoms with van der Waals surface area (Å²) in [7, 11) is 0. The summed E-state index contributed by atoms with van der Waals surface area (Å²) in [6.07, 6.45) is 1.07. The lowest BCUT2D eigenvalue weighted by molar-refractivity contribution is 0.275. The molecule has 0 saturated carbocycles. The molecular formula is C13H15N3OS. The van der Waals surface area contributed by atoms with E-state index in [4.69, 9.17) is 5.11 Å². The second kappa shape index (κ2) is 4.66. The van der Waals surface area contributed by atoms with Crippen molar-refractivity contribution < 1.29 is 5.11 Å². The van der Waals surface area contributed by atoms with Crippen LogP contribution >= 0.6 is 11.3 Å². The first-order valence-electron chi connectivity index (χ1n) is 6.06. The standard InChI is InChI=1S/C13H15N3OS/c1-9-11-5-7-18-12(11)4-6-16(9)13-3-2-10(8-17)14-15-13/h2-3,5,7,9,17H,4,6,8H2,1H3. The van der Waals surface area contributed by atoms with Crippen molar-refractivity contribution in [2.45, 2.75) is 26.0 Å². The van der Waals surface area contributed by atoms with Crippen LogP contribution in [0.5, 0.6) is 0 Å². The third kappa shape index (κ3) is 1.89. The molecule has 0 radical (unpaired) electrons. The summed E-state index contributed by atoms with van der Waals surface area (Å²) in [6, 6.07) is 6.31. The zero-order chi connectivity index (χ0) is 12.5. The minimum Gasteiger partial charge on any atom is -0.390 e. The number of aliphatic hydroxyl groups excluding tert-OH is 1. The number of aliphatic hydroxyl groups is 1. The molecule has 1 aliphatic heterocycles. The summed E-state index contributed by atoms with van der Waals surface area (Å²) >= 11 is 1.84. The maximum atomic E-state index is 8.98. The van der Waals surface area contributed by atoms with Gasteiger partial charge in [-0.25, -0.2) is 0 Å². The van der Waals surface area contributed by atoms with E-state index in [0.717, 1.165) is 18.8 Å². The van der Waals surface area contributed by atoms with Crippen LogP contribution in [0.1, 0.15) is 29.1 Å². The summed E-state index contributed by atoms with van der Waals surface area (Å²) in [5.41, 5.74) is 2.01. The van der Waals surface area contributed by atoms with Crippen LogP contribution in [0.4, 0.5) is 5.82 Å². The number of rotatable bonds is 2. The first-order chi connectivity index (χ1) is 8.79. The van der Waals surface area contributed by atoms with E-state index in [1.54, 1.807) is 0 Å². The fourth-order valence-corrected chi connectivity index (χ4v) is 3.38. The molecule has 0 fully saturated rings. The van der Waals surface area contributed by atoms with Crippen molar-refractivity contribution in [3.05, 3.63) is 39.7 Å². The third-order valence-electron chi connectivity index (χ3n) is 3.44. The van der Waals surface area contributed by atoms with Crippen molar-refractivity contribution in [3.8, 4) is 0 Å². The molecule has 1 aliphatic rings. The molecule has 0 aliphatic carbocycles. The van der Waals surface area contributed by atoms with E-state index >= 15 is 0 Å². The number of hydrogen-bond acceptors (Lipinski definition) is 5. The van der Waals surface area contributed by atoms with Crippen LogP contribution in [0.25, 0.3) is 0 Å². The molecule has 4 nitrogen and oxygen atoms in total. The molecule has 94 valence electrons. The monoisotopic (exact) mass is 261 g/mol. The molecule has 1 unspecified atom stereocenters. The first kappa shape index (κ1) is 11.6. The van der Waals surface area contributed by atoms with E-state index in [1.807, 2.05) is 23.5 Å². The quantitative estimate of drug-likeness (QED) is 0.900. The van der Waals surface area contributed by atoms with Gasteiger partial charge in [0.25, 0.3) is 0 Å². The van der Waals surface area contributed by atoms with Crippen molar-refractivity contribution >= 4 is 17.2 Å². The SMILES string of the molecule is CC1c2ccsc2CCN1c1ccc(CO)nn1. The summed E-state index contributed by atoms with van der Waals surface area (Å²) in [6.45, 7) is 3.12. The number of aromatic nitrogens is 2. The summed E-state index contributed by atoms with van der Waals surface area (Å²) in [5.74, 6) is 0.886. The molecule has 0 amide bonds. The van der Waals surface area contributed by atoms with E-state index in [9.17, 15) is 0 Å². The van der Waals surface area contributed by atoms with Crippen LogP contribution in [-0.4, -0.2) is 21.8 Å². The van der Waals surface area contributed by atoms with Gasteiger partial charge in [-0.2, -0.15) is 5.10 Å². The van der Waals surface area contributed by atoms with Gasteiger partial charge in [0, 0.05) is 11.4 Å². The average Bonchev–Trinajstić information content (AvgIpc) is 2.89. The highest BCUT2D eigenvalue weighted by Crippen LogP contribution is 2.34. The lowest BCUT2D eigenvalue weighted by atomic mass is 10.0. The Hall–Kier alpha value is -1.46. The molecule has 1 atom stereocenters. The average molecular weight is 261 g/mol. The Morgan fingerprint density at radius 3 is 3.00 bits per heavy atom. The number of nitrogens with zero attached hydrogens (tertiary/aromatic N) is 3. The maximum absolute atomic E-state index is 8.98. The van der Waals surface area contributed by atoms with Gasteiger partial charge in [-0.05, 0) is 42.5 Å². The zero-order valence-electron chi connectivity index (χ0n) is 10.2.